The molecular weight excluding hydrogens is 252 g/mol. The standard InChI is InChI=1S/C15H16N4O/c1-20-14-8-3-2-6-11(14)15(18-16)12-10-17-19-9-5-4-7-13(12)19/h2-10,15,18H,16H2,1H3. The number of ether oxygens (including phenoxy) is 1. The molecule has 2 heterocycles. The first-order chi connectivity index (χ1) is 9.85. The van der Waals surface area contributed by atoms with Gasteiger partial charge in [-0.1, -0.05) is 24.3 Å². The van der Waals surface area contributed by atoms with Crippen LogP contribution in [0.4, 0.5) is 0 Å². The van der Waals surface area contributed by atoms with Crippen molar-refractivity contribution >= 4 is 5.52 Å². The highest BCUT2D eigenvalue weighted by atomic mass is 16.5. The Balaban J connectivity index is 2.14. The van der Waals surface area contributed by atoms with Gasteiger partial charge in [-0.25, -0.2) is 9.94 Å². The van der Waals surface area contributed by atoms with Crippen LogP contribution in [0.15, 0.2) is 54.9 Å². The highest BCUT2D eigenvalue weighted by molar-refractivity contribution is 5.58. The second-order valence-electron chi connectivity index (χ2n) is 4.47. The Morgan fingerprint density at radius 2 is 1.95 bits per heavy atom. The molecule has 0 aliphatic heterocycles. The first kappa shape index (κ1) is 12.7. The summed E-state index contributed by atoms with van der Waals surface area (Å²) in [5.41, 5.74) is 5.86. The molecule has 1 aromatic carbocycles. The highest BCUT2D eigenvalue weighted by Gasteiger charge is 2.20. The number of methoxy groups -OCH3 is 1. The van der Waals surface area contributed by atoms with Crippen LogP contribution in [0.3, 0.4) is 0 Å². The van der Waals surface area contributed by atoms with Crippen LogP contribution in [0.2, 0.25) is 0 Å². The zero-order valence-electron chi connectivity index (χ0n) is 11.2. The molecule has 1 unspecified atom stereocenters. The Hall–Kier alpha value is -2.37. The Bertz CT molecular complexity index is 722. The average Bonchev–Trinajstić information content (AvgIpc) is 2.93. The highest BCUT2D eigenvalue weighted by Crippen LogP contribution is 2.31. The second-order valence-corrected chi connectivity index (χ2v) is 4.47. The van der Waals surface area contributed by atoms with Gasteiger partial charge in [0.05, 0.1) is 24.9 Å². The summed E-state index contributed by atoms with van der Waals surface area (Å²) < 4.78 is 7.24. The summed E-state index contributed by atoms with van der Waals surface area (Å²) in [4.78, 5) is 0. The molecule has 5 nitrogen and oxygen atoms in total. The molecule has 20 heavy (non-hydrogen) atoms. The lowest BCUT2D eigenvalue weighted by atomic mass is 9.99. The largest absolute Gasteiger partial charge is 0.496 e. The maximum absolute atomic E-state index is 5.77. The van der Waals surface area contributed by atoms with Gasteiger partial charge in [0.15, 0.2) is 0 Å². The van der Waals surface area contributed by atoms with Gasteiger partial charge in [-0.05, 0) is 18.2 Å². The van der Waals surface area contributed by atoms with Gasteiger partial charge in [0.2, 0.25) is 0 Å². The second kappa shape index (κ2) is 5.32. The summed E-state index contributed by atoms with van der Waals surface area (Å²) in [5, 5.41) is 4.35. The molecule has 3 rings (SSSR count). The topological polar surface area (TPSA) is 64.6 Å². The van der Waals surface area contributed by atoms with E-state index in [1.807, 2.05) is 59.4 Å². The summed E-state index contributed by atoms with van der Waals surface area (Å²) >= 11 is 0. The van der Waals surface area contributed by atoms with Crippen LogP contribution in [-0.2, 0) is 0 Å². The van der Waals surface area contributed by atoms with Gasteiger partial charge in [-0.3, -0.25) is 5.84 Å². The fraction of sp³-hybridized carbons (Fsp3) is 0.133. The van der Waals surface area contributed by atoms with Gasteiger partial charge >= 0.3 is 0 Å². The Morgan fingerprint density at radius 1 is 1.15 bits per heavy atom. The van der Waals surface area contributed by atoms with Gasteiger partial charge in [-0.15, -0.1) is 0 Å². The molecule has 0 spiro atoms. The number of nitrogens with two attached hydrogens (primary N) is 1. The molecular formula is C15H16N4O. The maximum atomic E-state index is 5.77. The summed E-state index contributed by atoms with van der Waals surface area (Å²) in [6.45, 7) is 0. The van der Waals surface area contributed by atoms with Gasteiger partial charge in [0.25, 0.3) is 0 Å². The van der Waals surface area contributed by atoms with Crippen LogP contribution in [0, 0.1) is 0 Å². The zero-order chi connectivity index (χ0) is 13.9. The minimum Gasteiger partial charge on any atom is -0.496 e. The normalized spacial score (nSPS) is 12.5. The fourth-order valence-electron chi connectivity index (χ4n) is 2.43. The van der Waals surface area contributed by atoms with Crippen LogP contribution in [0.25, 0.3) is 5.52 Å². The van der Waals surface area contributed by atoms with E-state index in [0.29, 0.717) is 0 Å². The first-order valence-corrected chi connectivity index (χ1v) is 6.36. The number of aromatic nitrogens is 2. The number of rotatable bonds is 4. The summed E-state index contributed by atoms with van der Waals surface area (Å²) in [5.74, 6) is 6.57. The monoisotopic (exact) mass is 268 g/mol. The van der Waals surface area contributed by atoms with Crippen molar-refractivity contribution in [3.8, 4) is 5.75 Å². The van der Waals surface area contributed by atoms with E-state index in [-0.39, 0.29) is 6.04 Å². The van der Waals surface area contributed by atoms with Crippen LogP contribution in [-0.4, -0.2) is 16.7 Å². The molecule has 0 saturated carbocycles. The molecule has 3 aromatic rings. The van der Waals surface area contributed by atoms with E-state index >= 15 is 0 Å². The number of nitrogens with one attached hydrogen (secondary N) is 1. The predicted molar refractivity (Wildman–Crippen MR) is 77.4 cm³/mol. The summed E-state index contributed by atoms with van der Waals surface area (Å²) in [7, 11) is 1.66. The number of hydrogen-bond acceptors (Lipinski definition) is 4. The number of fused-ring (bicyclic) bond motifs is 1. The lowest BCUT2D eigenvalue weighted by molar-refractivity contribution is 0.404. The van der Waals surface area contributed by atoms with E-state index in [0.717, 1.165) is 22.4 Å². The van der Waals surface area contributed by atoms with E-state index in [1.54, 1.807) is 7.11 Å². The van der Waals surface area contributed by atoms with E-state index in [4.69, 9.17) is 10.6 Å². The number of nitrogens with zero attached hydrogens (tertiary/aromatic N) is 2. The smallest absolute Gasteiger partial charge is 0.124 e. The molecule has 102 valence electrons. The number of benzene rings is 1. The quantitative estimate of drug-likeness (QED) is 0.560. The van der Waals surface area contributed by atoms with E-state index < -0.39 is 0 Å². The third kappa shape index (κ3) is 2.03. The van der Waals surface area contributed by atoms with Crippen molar-refractivity contribution in [1.82, 2.24) is 15.0 Å². The van der Waals surface area contributed by atoms with Crippen molar-refractivity contribution in [3.05, 3.63) is 66.0 Å². The van der Waals surface area contributed by atoms with Crippen molar-refractivity contribution in [1.29, 1.82) is 0 Å². The lowest BCUT2D eigenvalue weighted by Gasteiger charge is -2.18. The number of pyridine rings is 1. The van der Waals surface area contributed by atoms with Crippen molar-refractivity contribution in [3.63, 3.8) is 0 Å². The number of hydrogen-bond donors (Lipinski definition) is 2. The average molecular weight is 268 g/mol. The number of para-hydroxylation sites is 1. The Kier molecular flexibility index (Phi) is 3.37. The molecule has 0 amide bonds. The fourth-order valence-corrected chi connectivity index (χ4v) is 2.43. The minimum atomic E-state index is -0.175. The number of hydrazine groups is 1. The lowest BCUT2D eigenvalue weighted by Crippen LogP contribution is -2.29. The molecule has 0 bridgehead atoms. The molecule has 0 saturated heterocycles. The van der Waals surface area contributed by atoms with Crippen LogP contribution in [0.1, 0.15) is 17.2 Å². The summed E-state index contributed by atoms with van der Waals surface area (Å²) in [6.07, 6.45) is 3.74. The molecule has 1 atom stereocenters. The molecule has 0 aliphatic carbocycles. The Labute approximate surface area is 116 Å². The molecule has 5 heteroatoms. The predicted octanol–water partition coefficient (Wildman–Crippen LogP) is 1.90. The van der Waals surface area contributed by atoms with Crippen LogP contribution < -0.4 is 16.0 Å². The van der Waals surface area contributed by atoms with Gasteiger partial charge < -0.3 is 4.74 Å². The van der Waals surface area contributed by atoms with Gasteiger partial charge in [0.1, 0.15) is 5.75 Å². The first-order valence-electron chi connectivity index (χ1n) is 6.36. The SMILES string of the molecule is COc1ccccc1C(NN)c1cnn2ccccc12. The van der Waals surface area contributed by atoms with Crippen molar-refractivity contribution in [2.75, 3.05) is 7.11 Å². The zero-order valence-corrected chi connectivity index (χ0v) is 11.2. The molecule has 0 aliphatic rings. The van der Waals surface area contributed by atoms with Crippen molar-refractivity contribution < 1.29 is 4.74 Å². The van der Waals surface area contributed by atoms with Crippen LogP contribution in [0.5, 0.6) is 5.75 Å². The molecule has 2 aromatic heterocycles. The van der Waals surface area contributed by atoms with Crippen molar-refractivity contribution in [2.24, 2.45) is 5.84 Å². The van der Waals surface area contributed by atoms with E-state index in [2.05, 4.69) is 10.5 Å². The maximum Gasteiger partial charge on any atom is 0.124 e. The van der Waals surface area contributed by atoms with Gasteiger partial charge in [0, 0.05) is 17.3 Å². The van der Waals surface area contributed by atoms with E-state index in [1.165, 1.54) is 0 Å². The minimum absolute atomic E-state index is 0.175. The van der Waals surface area contributed by atoms with Crippen molar-refractivity contribution in [2.45, 2.75) is 6.04 Å². The molecule has 0 radical (unpaired) electrons. The van der Waals surface area contributed by atoms with Crippen LogP contribution >= 0.6 is 0 Å². The van der Waals surface area contributed by atoms with E-state index in [9.17, 15) is 0 Å². The Morgan fingerprint density at radius 3 is 2.75 bits per heavy atom. The third-order valence-electron chi connectivity index (χ3n) is 3.38. The molecule has 3 N–H and O–H groups in total. The molecule has 0 fully saturated rings. The third-order valence-corrected chi connectivity index (χ3v) is 3.38. The van der Waals surface area contributed by atoms with Gasteiger partial charge in [-0.2, -0.15) is 5.10 Å². The summed E-state index contributed by atoms with van der Waals surface area (Å²) in [6, 6.07) is 13.6.